The molecule has 0 spiro atoms. The van der Waals surface area contributed by atoms with Gasteiger partial charge in [-0.25, -0.2) is 0 Å². The van der Waals surface area contributed by atoms with Gasteiger partial charge in [-0.2, -0.15) is 0 Å². The molecule has 1 aromatic heterocycles. The summed E-state index contributed by atoms with van der Waals surface area (Å²) in [6, 6.07) is 4.58. The second-order valence-electron chi connectivity index (χ2n) is 5.90. The van der Waals surface area contributed by atoms with Crippen molar-refractivity contribution in [1.82, 2.24) is 4.90 Å². The maximum Gasteiger partial charge on any atom is 0.0556 e. The Morgan fingerprint density at radius 3 is 2.72 bits per heavy atom. The summed E-state index contributed by atoms with van der Waals surface area (Å²) in [4.78, 5) is 4.34. The maximum atomic E-state index is 2.74. The van der Waals surface area contributed by atoms with E-state index in [0.717, 1.165) is 12.5 Å². The van der Waals surface area contributed by atoms with Crippen molar-refractivity contribution in [1.29, 1.82) is 0 Å². The van der Waals surface area contributed by atoms with Crippen molar-refractivity contribution in [2.75, 3.05) is 13.1 Å². The molecule has 0 saturated heterocycles. The average Bonchev–Trinajstić information content (AvgIpc) is 2.95. The number of rotatable bonds is 2. The van der Waals surface area contributed by atoms with E-state index in [0.29, 0.717) is 5.54 Å². The predicted molar refractivity (Wildman–Crippen MR) is 79.0 cm³/mol. The molecular formula is C16H23NS. The first-order valence-electron chi connectivity index (χ1n) is 7.25. The summed E-state index contributed by atoms with van der Waals surface area (Å²) in [5.74, 6) is 0.915. The van der Waals surface area contributed by atoms with Gasteiger partial charge in [-0.3, -0.25) is 4.90 Å². The zero-order valence-electron chi connectivity index (χ0n) is 11.3. The van der Waals surface area contributed by atoms with Crippen molar-refractivity contribution >= 4 is 11.3 Å². The van der Waals surface area contributed by atoms with Crippen LogP contribution < -0.4 is 0 Å². The normalized spacial score (nSPS) is 33.7. The van der Waals surface area contributed by atoms with Crippen LogP contribution in [0.2, 0.25) is 0 Å². The third kappa shape index (κ3) is 2.17. The van der Waals surface area contributed by atoms with E-state index in [9.17, 15) is 0 Å². The third-order valence-electron chi connectivity index (χ3n) is 4.74. The Balaban J connectivity index is 1.90. The summed E-state index contributed by atoms with van der Waals surface area (Å²) < 4.78 is 0. The lowest BCUT2D eigenvalue weighted by molar-refractivity contribution is 0.0457. The largest absolute Gasteiger partial charge is 0.289 e. The Hall–Kier alpha value is -0.600. The first kappa shape index (κ1) is 12.4. The molecule has 0 amide bonds. The van der Waals surface area contributed by atoms with Gasteiger partial charge in [0, 0.05) is 18.0 Å². The van der Waals surface area contributed by atoms with Gasteiger partial charge >= 0.3 is 0 Å². The summed E-state index contributed by atoms with van der Waals surface area (Å²) in [6.07, 6.45) is 11.4. The molecule has 1 aromatic rings. The summed E-state index contributed by atoms with van der Waals surface area (Å²) in [5, 5.41) is 2.24. The van der Waals surface area contributed by atoms with E-state index in [4.69, 9.17) is 0 Å². The number of thiophene rings is 1. The van der Waals surface area contributed by atoms with Crippen LogP contribution in [0.15, 0.2) is 29.7 Å². The number of hydrogen-bond donors (Lipinski definition) is 0. The van der Waals surface area contributed by atoms with Crippen molar-refractivity contribution in [3.05, 3.63) is 34.5 Å². The molecule has 1 nitrogen and oxygen atoms in total. The zero-order valence-corrected chi connectivity index (χ0v) is 12.1. The molecule has 2 heteroatoms. The van der Waals surface area contributed by atoms with Gasteiger partial charge in [0.2, 0.25) is 0 Å². The smallest absolute Gasteiger partial charge is 0.0556 e. The molecule has 0 atom stereocenters. The molecule has 3 rings (SSSR count). The highest BCUT2D eigenvalue weighted by Gasteiger charge is 2.41. The van der Waals surface area contributed by atoms with Crippen LogP contribution in [0.3, 0.4) is 0 Å². The van der Waals surface area contributed by atoms with Crippen LogP contribution in [-0.4, -0.2) is 18.0 Å². The number of hydrogen-bond acceptors (Lipinski definition) is 2. The molecule has 2 heterocycles. The highest BCUT2D eigenvalue weighted by Crippen LogP contribution is 2.46. The topological polar surface area (TPSA) is 3.24 Å². The van der Waals surface area contributed by atoms with E-state index in [2.05, 4.69) is 41.5 Å². The monoisotopic (exact) mass is 261 g/mol. The molecular weight excluding hydrogens is 238 g/mol. The first-order valence-corrected chi connectivity index (χ1v) is 8.13. The minimum Gasteiger partial charge on any atom is -0.289 e. The highest BCUT2D eigenvalue weighted by atomic mass is 32.1. The van der Waals surface area contributed by atoms with Crippen LogP contribution in [-0.2, 0) is 5.54 Å². The molecule has 18 heavy (non-hydrogen) atoms. The highest BCUT2D eigenvalue weighted by molar-refractivity contribution is 7.10. The molecule has 0 radical (unpaired) electrons. The zero-order chi connectivity index (χ0) is 12.4. The van der Waals surface area contributed by atoms with Crippen LogP contribution in [0.25, 0.3) is 0 Å². The molecule has 1 fully saturated rings. The molecule has 1 saturated carbocycles. The Kier molecular flexibility index (Phi) is 3.58. The third-order valence-corrected chi connectivity index (χ3v) is 5.81. The quantitative estimate of drug-likeness (QED) is 0.713. The molecule has 1 aliphatic carbocycles. The van der Waals surface area contributed by atoms with Gasteiger partial charge in [0.05, 0.1) is 5.54 Å². The van der Waals surface area contributed by atoms with Gasteiger partial charge < -0.3 is 0 Å². The lowest BCUT2D eigenvalue weighted by atomic mass is 9.74. The van der Waals surface area contributed by atoms with Gasteiger partial charge in [-0.1, -0.05) is 25.1 Å². The lowest BCUT2D eigenvalue weighted by Gasteiger charge is -2.48. The molecule has 1 aliphatic heterocycles. The fraction of sp³-hybridized carbons (Fsp3) is 0.625. The molecule has 0 aromatic carbocycles. The first-order chi connectivity index (χ1) is 8.81. The van der Waals surface area contributed by atoms with Crippen molar-refractivity contribution < 1.29 is 0 Å². The van der Waals surface area contributed by atoms with E-state index in [1.165, 1.54) is 38.6 Å². The van der Waals surface area contributed by atoms with Gasteiger partial charge in [-0.15, -0.1) is 11.3 Å². The SMILES string of the molecule is CC1CCC(c2cccs2)(N2CC=CCC2)CC1. The van der Waals surface area contributed by atoms with Crippen LogP contribution in [0, 0.1) is 5.92 Å². The predicted octanol–water partition coefficient (Wildman–Crippen LogP) is 4.42. The molecule has 0 N–H and O–H groups in total. The van der Waals surface area contributed by atoms with Crippen LogP contribution in [0.1, 0.15) is 43.9 Å². The van der Waals surface area contributed by atoms with E-state index < -0.39 is 0 Å². The van der Waals surface area contributed by atoms with Gasteiger partial charge in [0.25, 0.3) is 0 Å². The second-order valence-corrected chi connectivity index (χ2v) is 6.85. The molecule has 98 valence electrons. The maximum absolute atomic E-state index is 2.74. The van der Waals surface area contributed by atoms with Crippen molar-refractivity contribution in [3.8, 4) is 0 Å². The fourth-order valence-corrected chi connectivity index (χ4v) is 4.55. The molecule has 2 aliphatic rings. The summed E-state index contributed by atoms with van der Waals surface area (Å²) in [7, 11) is 0. The standard InChI is InChI=1S/C16H23NS/c1-14-7-9-16(10-8-14,15-6-5-13-18-15)17-11-3-2-4-12-17/h2-3,5-6,13-14H,4,7-12H2,1H3. The Morgan fingerprint density at radius 1 is 1.28 bits per heavy atom. The van der Waals surface area contributed by atoms with Crippen molar-refractivity contribution in [2.45, 2.75) is 44.6 Å². The van der Waals surface area contributed by atoms with Crippen molar-refractivity contribution in [3.63, 3.8) is 0 Å². The molecule has 0 bridgehead atoms. The fourth-order valence-electron chi connectivity index (χ4n) is 3.53. The Bertz CT molecular complexity index is 399. The van der Waals surface area contributed by atoms with E-state index >= 15 is 0 Å². The Labute approximate surface area is 115 Å². The lowest BCUT2D eigenvalue weighted by Crippen LogP contribution is -2.49. The van der Waals surface area contributed by atoms with Gasteiger partial charge in [-0.05, 0) is 49.5 Å². The minimum atomic E-state index is 0.353. The number of nitrogens with zero attached hydrogens (tertiary/aromatic N) is 1. The van der Waals surface area contributed by atoms with Crippen LogP contribution >= 0.6 is 11.3 Å². The minimum absolute atomic E-state index is 0.353. The average molecular weight is 261 g/mol. The summed E-state index contributed by atoms with van der Waals surface area (Å²) >= 11 is 1.96. The second kappa shape index (κ2) is 5.18. The van der Waals surface area contributed by atoms with Gasteiger partial charge in [0.15, 0.2) is 0 Å². The summed E-state index contributed by atoms with van der Waals surface area (Å²) in [5.41, 5.74) is 0.353. The summed E-state index contributed by atoms with van der Waals surface area (Å²) in [6.45, 7) is 4.80. The van der Waals surface area contributed by atoms with E-state index in [-0.39, 0.29) is 0 Å². The van der Waals surface area contributed by atoms with E-state index in [1.54, 1.807) is 4.88 Å². The van der Waals surface area contributed by atoms with Crippen LogP contribution in [0.4, 0.5) is 0 Å². The Morgan fingerprint density at radius 2 is 2.11 bits per heavy atom. The van der Waals surface area contributed by atoms with Crippen molar-refractivity contribution in [2.24, 2.45) is 5.92 Å². The van der Waals surface area contributed by atoms with Gasteiger partial charge in [0.1, 0.15) is 0 Å². The van der Waals surface area contributed by atoms with E-state index in [1.807, 2.05) is 11.3 Å². The van der Waals surface area contributed by atoms with Crippen LogP contribution in [0.5, 0.6) is 0 Å². The molecule has 0 unspecified atom stereocenters.